The lowest BCUT2D eigenvalue weighted by molar-refractivity contribution is -0.153. The summed E-state index contributed by atoms with van der Waals surface area (Å²) in [5.41, 5.74) is 10.1. The first-order chi connectivity index (χ1) is 19.4. The summed E-state index contributed by atoms with van der Waals surface area (Å²) in [5.74, 6) is -3.37. The summed E-state index contributed by atoms with van der Waals surface area (Å²) in [6.45, 7) is 1.80. The Morgan fingerprint density at radius 3 is 2.59 bits per heavy atom. The zero-order valence-electron chi connectivity index (χ0n) is 21.5. The van der Waals surface area contributed by atoms with Crippen LogP contribution in [0.15, 0.2) is 16.7 Å². The molecule has 3 aliphatic rings. The molecule has 3 fully saturated rings. The number of anilines is 1. The van der Waals surface area contributed by atoms with Crippen molar-refractivity contribution in [2.24, 2.45) is 10.9 Å². The molecule has 7 N–H and O–H groups in total. The molecule has 0 aromatic carbocycles. The molecule has 0 radical (unpaired) electrons. The predicted octanol–water partition coefficient (Wildman–Crippen LogP) is -2.22. The molecule has 222 valence electrons. The number of nitrogens with one attached hydrogen (secondary N) is 1. The van der Waals surface area contributed by atoms with Gasteiger partial charge in [0, 0.05) is 43.9 Å². The summed E-state index contributed by atoms with van der Waals surface area (Å²) in [4.78, 5) is 49.9. The molecule has 0 unspecified atom stereocenters. The van der Waals surface area contributed by atoms with Crippen LogP contribution in [0.4, 0.5) is 5.13 Å². The van der Waals surface area contributed by atoms with E-state index in [4.69, 9.17) is 16.3 Å². The number of nitrogen functional groups attached to an aromatic ring is 1. The van der Waals surface area contributed by atoms with Gasteiger partial charge in [-0.15, -0.1) is 11.3 Å². The van der Waals surface area contributed by atoms with Gasteiger partial charge >= 0.3 is 16.3 Å². The molecule has 4 heterocycles. The van der Waals surface area contributed by atoms with E-state index in [1.165, 1.54) is 16.4 Å². The number of carboxylic acid groups (broad SMARTS) is 1. The Morgan fingerprint density at radius 1 is 1.29 bits per heavy atom. The van der Waals surface area contributed by atoms with E-state index >= 15 is 0 Å². The molecule has 0 spiro atoms. The zero-order chi connectivity index (χ0) is 29.5. The number of piperidine rings is 1. The molecular formula is C21H28N10O8S2. The summed E-state index contributed by atoms with van der Waals surface area (Å²) < 4.78 is 33.8. The molecule has 2 saturated heterocycles. The van der Waals surface area contributed by atoms with Crippen LogP contribution in [-0.4, -0.2) is 108 Å². The molecule has 1 aliphatic carbocycles. The molecule has 2 atom stereocenters. The fourth-order valence-corrected chi connectivity index (χ4v) is 5.96. The molecule has 41 heavy (non-hydrogen) atoms. The first kappa shape index (κ1) is 28.8. The maximum Gasteiger partial charge on any atom is 0.362 e. The Labute approximate surface area is 237 Å². The minimum absolute atomic E-state index is 0.0433. The number of carbonyl (C=O) groups is 3. The second-order valence-corrected chi connectivity index (χ2v) is 12.2. The number of carbonyl (C=O) groups excluding carboxylic acids is 2. The van der Waals surface area contributed by atoms with E-state index in [1.54, 1.807) is 0 Å². The van der Waals surface area contributed by atoms with Crippen molar-refractivity contribution >= 4 is 50.3 Å². The van der Waals surface area contributed by atoms with Crippen molar-refractivity contribution in [1.82, 2.24) is 34.5 Å². The lowest BCUT2D eigenvalue weighted by atomic mass is 9.98. The maximum absolute atomic E-state index is 13.2. The molecule has 5 rings (SSSR count). The largest absolute Gasteiger partial charge is 0.478 e. The Bertz CT molecular complexity index is 1480. The smallest absolute Gasteiger partial charge is 0.362 e. The van der Waals surface area contributed by atoms with Crippen LogP contribution in [0.1, 0.15) is 37.1 Å². The fourth-order valence-electron chi connectivity index (χ4n) is 4.54. The van der Waals surface area contributed by atoms with Crippen LogP contribution in [0.2, 0.25) is 0 Å². The number of carboxylic acids is 1. The summed E-state index contributed by atoms with van der Waals surface area (Å²) in [6.07, 6.45) is 3.56. The van der Waals surface area contributed by atoms with Crippen LogP contribution in [0.5, 0.6) is 0 Å². The molecule has 2 aliphatic heterocycles. The maximum atomic E-state index is 13.2. The Morgan fingerprint density at radius 2 is 2.00 bits per heavy atom. The van der Waals surface area contributed by atoms with Gasteiger partial charge in [0.1, 0.15) is 17.8 Å². The fraction of sp³-hybridized carbons (Fsp3) is 0.571. The van der Waals surface area contributed by atoms with E-state index in [1.807, 2.05) is 0 Å². The summed E-state index contributed by atoms with van der Waals surface area (Å²) in [7, 11) is -4.98. The highest BCUT2D eigenvalue weighted by atomic mass is 32.2. The van der Waals surface area contributed by atoms with Crippen LogP contribution in [0.3, 0.4) is 0 Å². The third-order valence-corrected chi connectivity index (χ3v) is 8.66. The molecule has 2 aromatic heterocycles. The van der Waals surface area contributed by atoms with Crippen molar-refractivity contribution in [3.05, 3.63) is 23.0 Å². The monoisotopic (exact) mass is 612 g/mol. The number of amides is 2. The van der Waals surface area contributed by atoms with E-state index in [9.17, 15) is 32.5 Å². The van der Waals surface area contributed by atoms with Gasteiger partial charge in [0.25, 0.3) is 11.8 Å². The Hall–Kier alpha value is -3.72. The third-order valence-electron chi connectivity index (χ3n) is 7.04. The standard InChI is InChI=1S/C21H28N10O8S2/c22-11-1-5-29(6-2-11)8-12-7-24-30(27-12)9-14-16(18(33)31(14)41(36,37)38)26-17(32)15(13-10-40-20(23)25-13)28-39-21(3-4-21)19(34)35/h7,10-11,14,16H,1-6,8-9,22H2,(H2,23,25)(H,26,32)(H,34,35)(H,36,37,38)/t14-,16+/m1/s1. The number of aliphatic carboxylic acids is 1. The quantitative estimate of drug-likeness (QED) is 0.0779. The van der Waals surface area contributed by atoms with E-state index in [-0.39, 0.29) is 40.6 Å². The van der Waals surface area contributed by atoms with Gasteiger partial charge in [0.2, 0.25) is 5.60 Å². The number of likely N-dealkylation sites (tertiary alicyclic amines) is 1. The number of aromatic nitrogens is 4. The van der Waals surface area contributed by atoms with E-state index in [0.29, 0.717) is 12.2 Å². The summed E-state index contributed by atoms with van der Waals surface area (Å²) in [5, 5.41) is 25.4. The van der Waals surface area contributed by atoms with E-state index < -0.39 is 51.5 Å². The summed E-state index contributed by atoms with van der Waals surface area (Å²) in [6, 6.07) is -2.56. The topological polar surface area (TPSA) is 262 Å². The first-order valence-electron chi connectivity index (χ1n) is 12.6. The van der Waals surface area contributed by atoms with Gasteiger partial charge in [-0.25, -0.2) is 14.1 Å². The lowest BCUT2D eigenvalue weighted by Crippen LogP contribution is -2.73. The summed E-state index contributed by atoms with van der Waals surface area (Å²) >= 11 is 0.982. The van der Waals surface area contributed by atoms with Crippen molar-refractivity contribution in [3.8, 4) is 0 Å². The normalized spacial score (nSPS) is 23.2. The van der Waals surface area contributed by atoms with Gasteiger partial charge in [0.15, 0.2) is 10.8 Å². The van der Waals surface area contributed by atoms with Gasteiger partial charge in [-0.2, -0.15) is 23.4 Å². The molecule has 2 amide bonds. The molecule has 1 saturated carbocycles. The first-order valence-corrected chi connectivity index (χ1v) is 14.8. The van der Waals surface area contributed by atoms with Gasteiger partial charge in [0.05, 0.1) is 18.4 Å². The number of β-lactam (4-membered cyclic amide) rings is 1. The number of thiazole rings is 1. The van der Waals surface area contributed by atoms with Crippen LogP contribution >= 0.6 is 11.3 Å². The van der Waals surface area contributed by atoms with Crippen molar-refractivity contribution in [2.45, 2.75) is 62.5 Å². The van der Waals surface area contributed by atoms with Crippen LogP contribution in [0, 0.1) is 0 Å². The van der Waals surface area contributed by atoms with Crippen LogP contribution in [-0.2, 0) is 42.6 Å². The second-order valence-electron chi connectivity index (χ2n) is 10.0. The SMILES string of the molecule is Nc1nc(C(=NOC2(C(=O)O)CC2)C(=O)N[C@@H]2C(=O)N(S(=O)(=O)O)[C@@H]2Cn2ncc(CN3CCC(N)CC3)n2)cs1. The second kappa shape index (κ2) is 10.9. The van der Waals surface area contributed by atoms with Gasteiger partial charge in [-0.05, 0) is 12.8 Å². The van der Waals surface area contributed by atoms with Crippen LogP contribution in [0.25, 0.3) is 0 Å². The average molecular weight is 613 g/mol. The highest BCUT2D eigenvalue weighted by molar-refractivity contribution is 7.84. The molecular weight excluding hydrogens is 584 g/mol. The third kappa shape index (κ3) is 6.15. The number of nitrogens with zero attached hydrogens (tertiary/aromatic N) is 7. The van der Waals surface area contributed by atoms with Gasteiger partial charge < -0.3 is 26.7 Å². The lowest BCUT2D eigenvalue weighted by Gasteiger charge is -2.43. The Kier molecular flexibility index (Phi) is 7.68. The van der Waals surface area contributed by atoms with Crippen LogP contribution < -0.4 is 16.8 Å². The van der Waals surface area contributed by atoms with Crippen molar-refractivity contribution in [2.75, 3.05) is 18.8 Å². The average Bonchev–Trinajstić information content (AvgIpc) is 3.38. The number of nitrogens with two attached hydrogens (primary N) is 2. The molecule has 20 heteroatoms. The molecule has 2 aromatic rings. The highest BCUT2D eigenvalue weighted by Gasteiger charge is 2.56. The minimum atomic E-state index is -4.98. The van der Waals surface area contributed by atoms with E-state index in [2.05, 4.69) is 30.6 Å². The minimum Gasteiger partial charge on any atom is -0.478 e. The number of oxime groups is 1. The molecule has 0 bridgehead atoms. The number of hydrogen-bond acceptors (Lipinski definition) is 14. The number of rotatable bonds is 11. The highest BCUT2D eigenvalue weighted by Crippen LogP contribution is 2.40. The Balaban J connectivity index is 1.32. The van der Waals surface area contributed by atoms with Gasteiger partial charge in [-0.1, -0.05) is 5.16 Å². The van der Waals surface area contributed by atoms with Gasteiger partial charge in [-0.3, -0.25) is 19.0 Å². The van der Waals surface area contributed by atoms with Crippen molar-refractivity contribution in [3.63, 3.8) is 0 Å². The zero-order valence-corrected chi connectivity index (χ0v) is 23.1. The van der Waals surface area contributed by atoms with Crippen molar-refractivity contribution < 1.29 is 37.3 Å². The predicted molar refractivity (Wildman–Crippen MR) is 140 cm³/mol. The van der Waals surface area contributed by atoms with Crippen molar-refractivity contribution in [1.29, 1.82) is 0 Å². The van der Waals surface area contributed by atoms with E-state index in [0.717, 1.165) is 37.3 Å². The molecule has 18 nitrogen and oxygen atoms in total. The number of hydrogen-bond donors (Lipinski definition) is 5.